The summed E-state index contributed by atoms with van der Waals surface area (Å²) < 4.78 is 16.0. The molecular weight excluding hydrogens is 404 g/mol. The highest BCUT2D eigenvalue weighted by molar-refractivity contribution is 6.17. The fraction of sp³-hybridized carbons (Fsp3) is 0.333. The fourth-order valence-corrected chi connectivity index (χ4v) is 3.82. The van der Waals surface area contributed by atoms with Crippen LogP contribution in [0.25, 0.3) is 12.2 Å². The molecule has 5 heteroatoms. The lowest BCUT2D eigenvalue weighted by molar-refractivity contribution is -0.141. The minimum absolute atomic E-state index is 0.180. The van der Waals surface area contributed by atoms with Gasteiger partial charge in [0, 0.05) is 13.2 Å². The lowest BCUT2D eigenvalue weighted by Gasteiger charge is -2.32. The molecule has 0 saturated carbocycles. The minimum Gasteiger partial charge on any atom is -0.493 e. The van der Waals surface area contributed by atoms with Crippen LogP contribution in [0.5, 0.6) is 11.5 Å². The zero-order valence-electron chi connectivity index (χ0n) is 19.1. The molecule has 0 aromatic heterocycles. The molecule has 0 bridgehead atoms. The van der Waals surface area contributed by atoms with Gasteiger partial charge in [-0.05, 0) is 73.2 Å². The Morgan fingerprint density at radius 2 is 1.38 bits per heavy atom. The van der Waals surface area contributed by atoms with Gasteiger partial charge >= 0.3 is 0 Å². The highest BCUT2D eigenvalue weighted by atomic mass is 16.5. The monoisotopic (exact) mass is 434 g/mol. The molecule has 5 nitrogen and oxygen atoms in total. The minimum atomic E-state index is -1.10. The molecule has 1 aliphatic heterocycles. The highest BCUT2D eigenvalue weighted by Gasteiger charge is 2.43. The van der Waals surface area contributed by atoms with Gasteiger partial charge < -0.3 is 14.2 Å². The maximum atomic E-state index is 13.3. The van der Waals surface area contributed by atoms with Crippen LogP contribution in [0, 0.1) is 19.3 Å². The van der Waals surface area contributed by atoms with E-state index in [4.69, 9.17) is 14.2 Å². The van der Waals surface area contributed by atoms with E-state index in [1.807, 2.05) is 31.2 Å². The molecule has 0 atom stereocenters. The summed E-state index contributed by atoms with van der Waals surface area (Å²) in [6.45, 7) is 4.86. The third-order valence-electron chi connectivity index (χ3n) is 6.08. The van der Waals surface area contributed by atoms with Crippen molar-refractivity contribution in [2.24, 2.45) is 5.41 Å². The van der Waals surface area contributed by atoms with Gasteiger partial charge in [0.15, 0.2) is 23.1 Å². The van der Waals surface area contributed by atoms with Crippen LogP contribution in [-0.2, 0) is 14.3 Å². The second-order valence-corrected chi connectivity index (χ2v) is 8.05. The Morgan fingerprint density at radius 1 is 0.812 bits per heavy atom. The van der Waals surface area contributed by atoms with Crippen molar-refractivity contribution in [1.29, 1.82) is 0 Å². The summed E-state index contributed by atoms with van der Waals surface area (Å²) in [6.07, 6.45) is 7.28. The van der Waals surface area contributed by atoms with Gasteiger partial charge in [0.1, 0.15) is 0 Å². The Hall–Kier alpha value is -3.18. The lowest BCUT2D eigenvalue weighted by atomic mass is 9.72. The van der Waals surface area contributed by atoms with Crippen LogP contribution >= 0.6 is 0 Å². The Morgan fingerprint density at radius 3 is 1.94 bits per heavy atom. The molecule has 1 saturated heterocycles. The van der Waals surface area contributed by atoms with Crippen molar-refractivity contribution in [2.75, 3.05) is 27.4 Å². The first kappa shape index (κ1) is 23.5. The summed E-state index contributed by atoms with van der Waals surface area (Å²) in [6, 6.07) is 11.4. The van der Waals surface area contributed by atoms with Gasteiger partial charge in [0.25, 0.3) is 0 Å². The standard InChI is InChI=1S/C27H30O5/c1-19-5-6-21(17-20(19)2)8-11-25(28)27(13-15-32-16-14-27)26(29)12-9-22-7-10-23(30-3)24(18-22)31-4/h5-12,17-18H,13-16H2,1-4H3/b11-8+,12-9+. The number of aryl methyl sites for hydroxylation is 2. The number of carbonyl (C=O) groups excluding carboxylic acids is 2. The number of methoxy groups -OCH3 is 2. The number of hydrogen-bond donors (Lipinski definition) is 0. The molecule has 2 aromatic carbocycles. The molecule has 168 valence electrons. The highest BCUT2D eigenvalue weighted by Crippen LogP contribution is 2.35. The predicted molar refractivity (Wildman–Crippen MR) is 126 cm³/mol. The number of ether oxygens (including phenoxy) is 3. The molecule has 0 N–H and O–H groups in total. The van der Waals surface area contributed by atoms with E-state index in [1.54, 1.807) is 38.5 Å². The number of rotatable bonds is 8. The van der Waals surface area contributed by atoms with Crippen LogP contribution in [0.1, 0.15) is 35.1 Å². The van der Waals surface area contributed by atoms with E-state index in [-0.39, 0.29) is 11.6 Å². The molecule has 0 amide bonds. The summed E-state index contributed by atoms with van der Waals surface area (Å²) in [5.74, 6) is 0.810. The van der Waals surface area contributed by atoms with Crippen molar-refractivity contribution >= 4 is 23.7 Å². The molecule has 1 heterocycles. The van der Waals surface area contributed by atoms with Crippen LogP contribution < -0.4 is 9.47 Å². The normalized spacial score (nSPS) is 15.8. The summed E-state index contributed by atoms with van der Waals surface area (Å²) >= 11 is 0. The molecule has 1 fully saturated rings. The first-order chi connectivity index (χ1) is 15.4. The second-order valence-electron chi connectivity index (χ2n) is 8.05. The van der Waals surface area contributed by atoms with Crippen LogP contribution in [0.4, 0.5) is 0 Å². The predicted octanol–water partition coefficient (Wildman–Crippen LogP) is 4.98. The van der Waals surface area contributed by atoms with E-state index in [0.29, 0.717) is 37.6 Å². The first-order valence-corrected chi connectivity index (χ1v) is 10.7. The van der Waals surface area contributed by atoms with Crippen molar-refractivity contribution in [3.05, 3.63) is 70.8 Å². The number of benzene rings is 2. The Labute approximate surface area is 189 Å². The van der Waals surface area contributed by atoms with Crippen LogP contribution in [0.2, 0.25) is 0 Å². The number of ketones is 2. The molecule has 3 rings (SSSR count). The quantitative estimate of drug-likeness (QED) is 0.433. The molecule has 0 radical (unpaired) electrons. The van der Waals surface area contributed by atoms with Crippen LogP contribution in [0.3, 0.4) is 0 Å². The van der Waals surface area contributed by atoms with Gasteiger partial charge in [-0.25, -0.2) is 0 Å². The van der Waals surface area contributed by atoms with Crippen molar-refractivity contribution in [3.63, 3.8) is 0 Å². The molecule has 0 aliphatic carbocycles. The van der Waals surface area contributed by atoms with Crippen molar-refractivity contribution in [3.8, 4) is 11.5 Å². The summed E-state index contributed by atoms with van der Waals surface area (Å²) in [4.78, 5) is 26.5. The van der Waals surface area contributed by atoms with Crippen LogP contribution in [0.15, 0.2) is 48.6 Å². The summed E-state index contributed by atoms with van der Waals surface area (Å²) in [7, 11) is 3.14. The topological polar surface area (TPSA) is 61.8 Å². The van der Waals surface area contributed by atoms with E-state index >= 15 is 0 Å². The average Bonchev–Trinajstić information content (AvgIpc) is 2.83. The van der Waals surface area contributed by atoms with Gasteiger partial charge in [-0.2, -0.15) is 0 Å². The Balaban J connectivity index is 1.83. The van der Waals surface area contributed by atoms with E-state index in [0.717, 1.165) is 16.7 Å². The zero-order chi connectivity index (χ0) is 23.1. The Bertz CT molecular complexity index is 1040. The molecule has 32 heavy (non-hydrogen) atoms. The third-order valence-corrected chi connectivity index (χ3v) is 6.08. The average molecular weight is 435 g/mol. The van der Waals surface area contributed by atoms with Crippen molar-refractivity contribution < 1.29 is 23.8 Å². The SMILES string of the molecule is COc1ccc(/C=C/C(=O)C2(C(=O)/C=C/c3ccc(C)c(C)c3)CCOCC2)cc1OC. The zero-order valence-corrected chi connectivity index (χ0v) is 19.1. The number of carbonyl (C=O) groups is 2. The maximum absolute atomic E-state index is 13.3. The maximum Gasteiger partial charge on any atom is 0.169 e. The van der Waals surface area contributed by atoms with E-state index < -0.39 is 5.41 Å². The van der Waals surface area contributed by atoms with Gasteiger partial charge in [0.05, 0.1) is 19.6 Å². The van der Waals surface area contributed by atoms with E-state index in [1.165, 1.54) is 17.7 Å². The summed E-state index contributed by atoms with van der Waals surface area (Å²) in [5, 5.41) is 0. The van der Waals surface area contributed by atoms with E-state index in [2.05, 4.69) is 6.92 Å². The second kappa shape index (κ2) is 10.4. The smallest absolute Gasteiger partial charge is 0.169 e. The first-order valence-electron chi connectivity index (χ1n) is 10.7. The molecule has 0 unspecified atom stereocenters. The molecular formula is C27H30O5. The fourth-order valence-electron chi connectivity index (χ4n) is 3.82. The van der Waals surface area contributed by atoms with Gasteiger partial charge in [-0.15, -0.1) is 0 Å². The molecule has 1 aliphatic rings. The third kappa shape index (κ3) is 5.17. The van der Waals surface area contributed by atoms with E-state index in [9.17, 15) is 9.59 Å². The molecule has 2 aromatic rings. The molecule has 0 spiro atoms. The summed E-state index contributed by atoms with van der Waals surface area (Å²) in [5.41, 5.74) is 2.99. The van der Waals surface area contributed by atoms with Crippen LogP contribution in [-0.4, -0.2) is 39.0 Å². The lowest BCUT2D eigenvalue weighted by Crippen LogP contribution is -2.42. The van der Waals surface area contributed by atoms with Gasteiger partial charge in [-0.3, -0.25) is 9.59 Å². The Kier molecular flexibility index (Phi) is 7.65. The largest absolute Gasteiger partial charge is 0.493 e. The number of hydrogen-bond acceptors (Lipinski definition) is 5. The number of allylic oxidation sites excluding steroid dienone is 2. The van der Waals surface area contributed by atoms with Gasteiger partial charge in [0.2, 0.25) is 0 Å². The van der Waals surface area contributed by atoms with Gasteiger partial charge in [-0.1, -0.05) is 36.4 Å². The van der Waals surface area contributed by atoms with Crippen molar-refractivity contribution in [2.45, 2.75) is 26.7 Å². The van der Waals surface area contributed by atoms with Crippen molar-refractivity contribution in [1.82, 2.24) is 0 Å².